The third-order valence-electron chi connectivity index (χ3n) is 1.89. The van der Waals surface area contributed by atoms with Crippen molar-refractivity contribution in [1.29, 1.82) is 0 Å². The van der Waals surface area contributed by atoms with E-state index in [2.05, 4.69) is 27.8 Å². The summed E-state index contributed by atoms with van der Waals surface area (Å²) in [7, 11) is 0. The number of benzene rings is 1. The molecule has 0 saturated carbocycles. The third-order valence-corrected chi connectivity index (χ3v) is 2.94. The van der Waals surface area contributed by atoms with Gasteiger partial charge in [0.15, 0.2) is 0 Å². The summed E-state index contributed by atoms with van der Waals surface area (Å²) in [6.07, 6.45) is 0. The molecule has 0 radical (unpaired) electrons. The Labute approximate surface area is 107 Å². The van der Waals surface area contributed by atoms with Crippen LogP contribution in [0.3, 0.4) is 0 Å². The highest BCUT2D eigenvalue weighted by Gasteiger charge is 2.14. The van der Waals surface area contributed by atoms with Crippen molar-refractivity contribution in [1.82, 2.24) is 5.32 Å². The fraction of sp³-hybridized carbons (Fsp3) is 0.200. The zero-order valence-electron chi connectivity index (χ0n) is 8.37. The lowest BCUT2D eigenvalue weighted by atomic mass is 10.2. The normalized spacial score (nSPS) is 10.1. The number of rotatable bonds is 5. The highest BCUT2D eigenvalue weighted by molar-refractivity contribution is 9.10. The first-order valence-electron chi connectivity index (χ1n) is 4.48. The summed E-state index contributed by atoms with van der Waals surface area (Å²) in [5.74, 6) is 0. The predicted octanol–water partition coefficient (Wildman–Crippen LogP) is 3.20. The Kier molecular flexibility index (Phi) is 4.92. The van der Waals surface area contributed by atoms with Crippen molar-refractivity contribution in [2.75, 3.05) is 6.54 Å². The average molecular weight is 306 g/mol. The van der Waals surface area contributed by atoms with E-state index < -0.39 is 4.92 Å². The molecule has 0 amide bonds. The SMILES string of the molecule is C=C(Cl)CNCc1cccc([N+](=O)[O-])c1Br. The van der Waals surface area contributed by atoms with E-state index in [1.807, 2.05) is 0 Å². The lowest BCUT2D eigenvalue weighted by molar-refractivity contribution is -0.385. The monoisotopic (exact) mass is 304 g/mol. The van der Waals surface area contributed by atoms with Crippen molar-refractivity contribution < 1.29 is 4.92 Å². The summed E-state index contributed by atoms with van der Waals surface area (Å²) in [5, 5.41) is 14.2. The minimum atomic E-state index is -0.423. The van der Waals surface area contributed by atoms with Crippen LogP contribution in [0.4, 0.5) is 5.69 Å². The lowest BCUT2D eigenvalue weighted by Crippen LogP contribution is -2.15. The minimum Gasteiger partial charge on any atom is -0.308 e. The van der Waals surface area contributed by atoms with Crippen molar-refractivity contribution in [3.63, 3.8) is 0 Å². The fourth-order valence-electron chi connectivity index (χ4n) is 1.18. The van der Waals surface area contributed by atoms with Gasteiger partial charge in [-0.15, -0.1) is 0 Å². The molecule has 1 aromatic rings. The predicted molar refractivity (Wildman–Crippen MR) is 67.5 cm³/mol. The molecule has 16 heavy (non-hydrogen) atoms. The van der Waals surface area contributed by atoms with Crippen LogP contribution in [0.25, 0.3) is 0 Å². The van der Waals surface area contributed by atoms with Crippen molar-refractivity contribution in [2.24, 2.45) is 0 Å². The molecule has 4 nitrogen and oxygen atoms in total. The van der Waals surface area contributed by atoms with Crippen LogP contribution in [0.1, 0.15) is 5.56 Å². The molecule has 0 atom stereocenters. The highest BCUT2D eigenvalue weighted by Crippen LogP contribution is 2.28. The number of nitro benzene ring substituents is 1. The van der Waals surface area contributed by atoms with E-state index in [4.69, 9.17) is 11.6 Å². The molecule has 1 rings (SSSR count). The first-order valence-corrected chi connectivity index (χ1v) is 5.65. The summed E-state index contributed by atoms with van der Waals surface area (Å²) >= 11 is 8.80. The number of halogens is 2. The van der Waals surface area contributed by atoms with E-state index in [0.29, 0.717) is 22.6 Å². The zero-order chi connectivity index (χ0) is 12.1. The van der Waals surface area contributed by atoms with Gasteiger partial charge in [0, 0.05) is 24.2 Å². The van der Waals surface area contributed by atoms with E-state index in [9.17, 15) is 10.1 Å². The second-order valence-corrected chi connectivity index (χ2v) is 4.46. The average Bonchev–Trinajstić information content (AvgIpc) is 2.19. The molecule has 0 fully saturated rings. The van der Waals surface area contributed by atoms with Gasteiger partial charge in [-0.2, -0.15) is 0 Å². The Bertz CT molecular complexity index is 423. The zero-order valence-corrected chi connectivity index (χ0v) is 10.7. The largest absolute Gasteiger partial charge is 0.308 e. The molecule has 0 aromatic heterocycles. The minimum absolute atomic E-state index is 0.0593. The van der Waals surface area contributed by atoms with Gasteiger partial charge < -0.3 is 5.32 Å². The van der Waals surface area contributed by atoms with Crippen LogP contribution in [0.15, 0.2) is 34.3 Å². The Morgan fingerprint density at radius 2 is 2.31 bits per heavy atom. The van der Waals surface area contributed by atoms with Crippen LogP contribution in [0.2, 0.25) is 0 Å². The van der Waals surface area contributed by atoms with Gasteiger partial charge in [0.2, 0.25) is 0 Å². The first kappa shape index (κ1) is 13.2. The topological polar surface area (TPSA) is 55.2 Å². The van der Waals surface area contributed by atoms with Crippen molar-refractivity contribution in [3.05, 3.63) is 50.0 Å². The molecule has 0 saturated heterocycles. The van der Waals surface area contributed by atoms with Gasteiger partial charge in [0.05, 0.1) is 9.40 Å². The van der Waals surface area contributed by atoms with E-state index in [0.717, 1.165) is 5.56 Å². The number of hydrogen-bond donors (Lipinski definition) is 1. The number of nitrogens with one attached hydrogen (secondary N) is 1. The summed E-state index contributed by atoms with van der Waals surface area (Å²) in [6, 6.07) is 4.91. The fourth-order valence-corrected chi connectivity index (χ4v) is 1.82. The van der Waals surface area contributed by atoms with E-state index in [1.54, 1.807) is 12.1 Å². The second-order valence-electron chi connectivity index (χ2n) is 3.13. The molecule has 0 heterocycles. The Hall–Kier alpha value is -0.910. The van der Waals surface area contributed by atoms with E-state index >= 15 is 0 Å². The van der Waals surface area contributed by atoms with Crippen LogP contribution >= 0.6 is 27.5 Å². The standard InChI is InChI=1S/C10H10BrClN2O2/c1-7(12)5-13-6-8-3-2-4-9(10(8)11)14(15)16/h2-4,13H,1,5-6H2. The van der Waals surface area contributed by atoms with E-state index in [1.165, 1.54) is 6.07 Å². The number of hydrogen-bond acceptors (Lipinski definition) is 3. The molecule has 0 unspecified atom stereocenters. The summed E-state index contributed by atoms with van der Waals surface area (Å²) in [5.41, 5.74) is 0.871. The molecule has 0 spiro atoms. The molecule has 0 aliphatic rings. The molecule has 86 valence electrons. The third kappa shape index (κ3) is 3.59. The van der Waals surface area contributed by atoms with Crippen LogP contribution in [-0.2, 0) is 6.54 Å². The molecule has 1 aromatic carbocycles. The van der Waals surface area contributed by atoms with Crippen molar-refractivity contribution in [2.45, 2.75) is 6.54 Å². The maximum absolute atomic E-state index is 10.7. The van der Waals surface area contributed by atoms with Gasteiger partial charge >= 0.3 is 0 Å². The van der Waals surface area contributed by atoms with Gasteiger partial charge in [0.25, 0.3) is 5.69 Å². The molecule has 0 bridgehead atoms. The van der Waals surface area contributed by atoms with Gasteiger partial charge in [0.1, 0.15) is 0 Å². The maximum atomic E-state index is 10.7. The number of nitro groups is 1. The van der Waals surface area contributed by atoms with Gasteiger partial charge in [-0.1, -0.05) is 30.3 Å². The number of nitrogens with zero attached hydrogens (tertiary/aromatic N) is 1. The summed E-state index contributed by atoms with van der Waals surface area (Å²) in [4.78, 5) is 10.3. The van der Waals surface area contributed by atoms with Gasteiger partial charge in [-0.25, -0.2) is 0 Å². The van der Waals surface area contributed by atoms with Crippen LogP contribution in [-0.4, -0.2) is 11.5 Å². The molecule has 6 heteroatoms. The van der Waals surface area contributed by atoms with Gasteiger partial charge in [-0.05, 0) is 21.5 Å². The van der Waals surface area contributed by atoms with Crippen LogP contribution in [0, 0.1) is 10.1 Å². The molecule has 0 aliphatic heterocycles. The Morgan fingerprint density at radius 1 is 1.62 bits per heavy atom. The van der Waals surface area contributed by atoms with Crippen LogP contribution in [0.5, 0.6) is 0 Å². The van der Waals surface area contributed by atoms with Crippen molar-refractivity contribution in [3.8, 4) is 0 Å². The summed E-state index contributed by atoms with van der Waals surface area (Å²) < 4.78 is 0.493. The quantitative estimate of drug-likeness (QED) is 0.671. The molecule has 1 N–H and O–H groups in total. The van der Waals surface area contributed by atoms with E-state index in [-0.39, 0.29) is 5.69 Å². The lowest BCUT2D eigenvalue weighted by Gasteiger charge is -2.06. The Balaban J connectivity index is 2.77. The second kappa shape index (κ2) is 5.98. The molecular formula is C10H10BrClN2O2. The Morgan fingerprint density at radius 3 is 2.88 bits per heavy atom. The smallest absolute Gasteiger partial charge is 0.283 e. The summed E-state index contributed by atoms with van der Waals surface area (Å²) in [6.45, 7) is 4.50. The first-order chi connectivity index (χ1) is 7.52. The maximum Gasteiger partial charge on any atom is 0.283 e. The molecular weight excluding hydrogens is 295 g/mol. The highest BCUT2D eigenvalue weighted by atomic mass is 79.9. The molecule has 0 aliphatic carbocycles. The van der Waals surface area contributed by atoms with Crippen molar-refractivity contribution >= 4 is 33.2 Å². The van der Waals surface area contributed by atoms with Crippen LogP contribution < -0.4 is 5.32 Å². The van der Waals surface area contributed by atoms with Gasteiger partial charge in [-0.3, -0.25) is 10.1 Å².